The number of urea groups is 1. The predicted octanol–water partition coefficient (Wildman–Crippen LogP) is 1.28. The van der Waals surface area contributed by atoms with Gasteiger partial charge in [-0.05, 0) is 60.8 Å². The quantitative estimate of drug-likeness (QED) is 0.777. The summed E-state index contributed by atoms with van der Waals surface area (Å²) in [6, 6.07) is -0.827. The molecular formula is C18H21FN6O3S. The van der Waals surface area contributed by atoms with E-state index in [0.717, 1.165) is 28.3 Å². The van der Waals surface area contributed by atoms with E-state index in [2.05, 4.69) is 20.2 Å². The van der Waals surface area contributed by atoms with Crippen molar-refractivity contribution < 1.29 is 17.6 Å². The van der Waals surface area contributed by atoms with Crippen LogP contribution in [-0.2, 0) is 49.0 Å². The summed E-state index contributed by atoms with van der Waals surface area (Å²) in [5, 5.41) is 10.4. The zero-order valence-electron chi connectivity index (χ0n) is 15.7. The monoisotopic (exact) mass is 420 g/mol. The summed E-state index contributed by atoms with van der Waals surface area (Å²) in [5.74, 6) is 0.386. The van der Waals surface area contributed by atoms with Crippen LogP contribution < -0.4 is 10.0 Å². The number of fused-ring (bicyclic) bond motifs is 3. The summed E-state index contributed by atoms with van der Waals surface area (Å²) in [4.78, 5) is 12.6. The summed E-state index contributed by atoms with van der Waals surface area (Å²) in [5.41, 5.74) is 3.54. The largest absolute Gasteiger partial charge is 0.333 e. The topological polar surface area (TPSA) is 109 Å². The zero-order chi connectivity index (χ0) is 20.2. The van der Waals surface area contributed by atoms with Gasteiger partial charge in [-0.15, -0.1) is 10.2 Å². The van der Waals surface area contributed by atoms with Crippen LogP contribution in [0.25, 0.3) is 0 Å². The van der Waals surface area contributed by atoms with Crippen LogP contribution >= 0.6 is 0 Å². The lowest BCUT2D eigenvalue weighted by Gasteiger charge is -2.26. The minimum atomic E-state index is -4.04. The van der Waals surface area contributed by atoms with Gasteiger partial charge in [0, 0.05) is 18.8 Å². The molecule has 0 saturated heterocycles. The molecule has 29 heavy (non-hydrogen) atoms. The molecule has 2 heterocycles. The average molecular weight is 420 g/mol. The average Bonchev–Trinajstić information content (AvgIpc) is 3.44. The van der Waals surface area contributed by atoms with Gasteiger partial charge in [-0.25, -0.2) is 13.9 Å². The molecule has 3 aliphatic rings. The van der Waals surface area contributed by atoms with Gasteiger partial charge in [0.15, 0.2) is 0 Å². The van der Waals surface area contributed by atoms with E-state index >= 15 is 0 Å². The molecule has 1 aliphatic heterocycles. The standard InChI is InChI=1S/C18H21FN6O3S/c19-16-11-3-1-5-13(11)17(14-6-2-4-12(14)16)21-18(26)23-29(27,28)25-8-7-24-10-20-22-15(24)9-25/h10H,1-9H2,(H2,21,23,26). The van der Waals surface area contributed by atoms with E-state index in [1.807, 2.05) is 0 Å². The molecule has 0 spiro atoms. The summed E-state index contributed by atoms with van der Waals surface area (Å²) in [6.45, 7) is 0.683. The summed E-state index contributed by atoms with van der Waals surface area (Å²) in [6.07, 6.45) is 5.88. The smallest absolute Gasteiger partial charge is 0.315 e. The van der Waals surface area contributed by atoms with Crippen LogP contribution in [0, 0.1) is 5.82 Å². The van der Waals surface area contributed by atoms with Crippen LogP contribution in [0.5, 0.6) is 0 Å². The Kier molecular flexibility index (Phi) is 4.32. The number of benzene rings is 1. The first-order chi connectivity index (χ1) is 13.9. The molecule has 0 saturated carbocycles. The number of nitrogens with zero attached hydrogens (tertiary/aromatic N) is 4. The minimum Gasteiger partial charge on any atom is -0.315 e. The molecule has 2 aliphatic carbocycles. The molecule has 0 bridgehead atoms. The number of carbonyl (C=O) groups excluding carboxylic acids is 1. The molecule has 9 nitrogen and oxygen atoms in total. The molecule has 1 aromatic carbocycles. The Bertz CT molecular complexity index is 1080. The molecule has 0 radical (unpaired) electrons. The highest BCUT2D eigenvalue weighted by molar-refractivity contribution is 7.87. The molecule has 2 aromatic rings. The second-order valence-electron chi connectivity index (χ2n) is 7.65. The van der Waals surface area contributed by atoms with Gasteiger partial charge < -0.3 is 9.88 Å². The number of hydrogen-bond acceptors (Lipinski definition) is 5. The van der Waals surface area contributed by atoms with E-state index in [9.17, 15) is 17.6 Å². The van der Waals surface area contributed by atoms with Gasteiger partial charge in [-0.3, -0.25) is 0 Å². The molecule has 0 fully saturated rings. The van der Waals surface area contributed by atoms with Crippen molar-refractivity contribution in [2.75, 3.05) is 11.9 Å². The lowest BCUT2D eigenvalue weighted by Crippen LogP contribution is -2.47. The van der Waals surface area contributed by atoms with Crippen molar-refractivity contribution in [1.29, 1.82) is 0 Å². The van der Waals surface area contributed by atoms with E-state index in [4.69, 9.17) is 0 Å². The third-order valence-electron chi connectivity index (χ3n) is 5.97. The van der Waals surface area contributed by atoms with Gasteiger partial charge in [0.25, 0.3) is 0 Å². The molecule has 0 atom stereocenters. The predicted molar refractivity (Wildman–Crippen MR) is 102 cm³/mol. The maximum absolute atomic E-state index is 14.8. The van der Waals surface area contributed by atoms with Crippen molar-refractivity contribution in [3.8, 4) is 0 Å². The molecule has 154 valence electrons. The highest BCUT2D eigenvalue weighted by Gasteiger charge is 2.32. The second-order valence-corrected chi connectivity index (χ2v) is 9.32. The number of aromatic nitrogens is 3. The van der Waals surface area contributed by atoms with Crippen molar-refractivity contribution in [2.45, 2.75) is 51.6 Å². The summed E-state index contributed by atoms with van der Waals surface area (Å²) in [7, 11) is -4.04. The van der Waals surface area contributed by atoms with Crippen LogP contribution in [0.3, 0.4) is 0 Å². The van der Waals surface area contributed by atoms with Crippen molar-refractivity contribution in [3.63, 3.8) is 0 Å². The first-order valence-corrected chi connectivity index (χ1v) is 11.2. The van der Waals surface area contributed by atoms with Crippen molar-refractivity contribution in [2.24, 2.45) is 0 Å². The van der Waals surface area contributed by atoms with Crippen LogP contribution in [0.4, 0.5) is 14.9 Å². The Hall–Kier alpha value is -2.53. The van der Waals surface area contributed by atoms with Crippen LogP contribution in [0.2, 0.25) is 0 Å². The molecule has 1 aromatic heterocycles. The van der Waals surface area contributed by atoms with E-state index in [1.165, 1.54) is 0 Å². The fourth-order valence-corrected chi connectivity index (χ4v) is 5.63. The third kappa shape index (κ3) is 3.08. The van der Waals surface area contributed by atoms with Crippen LogP contribution in [0.1, 0.15) is 40.9 Å². The second kappa shape index (κ2) is 6.77. The number of rotatable bonds is 3. The fraction of sp³-hybridized carbons (Fsp3) is 0.500. The van der Waals surface area contributed by atoms with E-state index < -0.39 is 16.2 Å². The lowest BCUT2D eigenvalue weighted by atomic mass is 9.98. The third-order valence-corrected chi connectivity index (χ3v) is 7.41. The molecule has 5 rings (SSSR count). The first kappa shape index (κ1) is 18.5. The minimum absolute atomic E-state index is 0.0456. The van der Waals surface area contributed by atoms with E-state index in [-0.39, 0.29) is 18.9 Å². The highest BCUT2D eigenvalue weighted by atomic mass is 32.2. The number of nitrogens with one attached hydrogen (secondary N) is 2. The molecule has 11 heteroatoms. The Balaban J connectivity index is 1.37. The summed E-state index contributed by atoms with van der Waals surface area (Å²) >= 11 is 0. The SMILES string of the molecule is O=C(Nc1c2c(c(F)c3c1CCC3)CCC2)NS(=O)(=O)N1CCn2cnnc2C1. The van der Waals surface area contributed by atoms with Gasteiger partial charge in [-0.1, -0.05) is 0 Å². The fourth-order valence-electron chi connectivity index (χ4n) is 4.61. The van der Waals surface area contributed by atoms with Gasteiger partial charge >= 0.3 is 16.2 Å². The van der Waals surface area contributed by atoms with Gasteiger partial charge in [0.05, 0.1) is 6.54 Å². The van der Waals surface area contributed by atoms with Crippen molar-refractivity contribution in [3.05, 3.63) is 40.2 Å². The number of hydrogen-bond donors (Lipinski definition) is 2. The van der Waals surface area contributed by atoms with Gasteiger partial charge in [-0.2, -0.15) is 12.7 Å². The number of amides is 2. The Morgan fingerprint density at radius 1 is 1.03 bits per heavy atom. The maximum atomic E-state index is 14.8. The normalized spacial score (nSPS) is 18.2. The first-order valence-electron chi connectivity index (χ1n) is 9.74. The molecular weight excluding hydrogens is 399 g/mol. The molecule has 0 unspecified atom stereocenters. The van der Waals surface area contributed by atoms with E-state index in [1.54, 1.807) is 10.9 Å². The van der Waals surface area contributed by atoms with Crippen LogP contribution in [0.15, 0.2) is 6.33 Å². The molecule has 2 amide bonds. The molecule has 2 N–H and O–H groups in total. The number of anilines is 1. The van der Waals surface area contributed by atoms with Gasteiger partial charge in [0.2, 0.25) is 0 Å². The van der Waals surface area contributed by atoms with Gasteiger partial charge in [0.1, 0.15) is 18.0 Å². The van der Waals surface area contributed by atoms with Crippen LogP contribution in [-0.4, -0.2) is 40.1 Å². The maximum Gasteiger partial charge on any atom is 0.333 e. The number of carbonyl (C=O) groups is 1. The Morgan fingerprint density at radius 3 is 2.38 bits per heavy atom. The zero-order valence-corrected chi connectivity index (χ0v) is 16.6. The van der Waals surface area contributed by atoms with E-state index in [0.29, 0.717) is 54.9 Å². The summed E-state index contributed by atoms with van der Waals surface area (Å²) < 4.78 is 45.1. The Morgan fingerprint density at radius 2 is 1.69 bits per heavy atom. The number of halogens is 1. The van der Waals surface area contributed by atoms with Crippen molar-refractivity contribution >= 4 is 21.9 Å². The Labute approximate surface area is 167 Å². The highest BCUT2D eigenvalue weighted by Crippen LogP contribution is 2.40. The van der Waals surface area contributed by atoms with Crippen molar-refractivity contribution in [1.82, 2.24) is 23.8 Å². The lowest BCUT2D eigenvalue weighted by molar-refractivity contribution is 0.255.